The quantitative estimate of drug-likeness (QED) is 0.173. The molecule has 0 saturated carbocycles. The molecule has 5 heterocycles. The molecule has 57 heavy (non-hydrogen) atoms. The first-order valence-electron chi connectivity index (χ1n) is 18.7. The van der Waals surface area contributed by atoms with Crippen LogP contribution in [-0.2, 0) is 0 Å². The largest absolute Gasteiger partial charge is 0.456 e. The predicted molar refractivity (Wildman–Crippen MR) is 230 cm³/mol. The third-order valence-electron chi connectivity index (χ3n) is 10.6. The van der Waals surface area contributed by atoms with Crippen molar-refractivity contribution in [2.45, 2.75) is 0 Å². The molecule has 0 spiro atoms. The van der Waals surface area contributed by atoms with Crippen molar-refractivity contribution in [2.75, 3.05) is 0 Å². The minimum atomic E-state index is 0.570. The van der Waals surface area contributed by atoms with Crippen LogP contribution in [0.2, 0.25) is 0 Å². The van der Waals surface area contributed by atoms with Gasteiger partial charge >= 0.3 is 0 Å². The molecule has 8 heteroatoms. The molecule has 12 aromatic rings. The zero-order valence-electron chi connectivity index (χ0n) is 30.0. The van der Waals surface area contributed by atoms with Gasteiger partial charge in [0.1, 0.15) is 28.0 Å². The van der Waals surface area contributed by atoms with E-state index in [0.29, 0.717) is 34.5 Å². The van der Waals surface area contributed by atoms with E-state index in [1.54, 1.807) is 11.3 Å². The van der Waals surface area contributed by atoms with Crippen LogP contribution in [0.5, 0.6) is 0 Å². The standard InChI is InChI=1S/C49H27N5O2S/c1-3-13-28(14-4-1)43-45-44(32-17-7-9-21-36(32)56-45)51-47(50-43)30-25-26-31-38(27-30)55-37-22-11-19-34(41(31)37)48-52-46(29-15-5-2-6-16-29)53-49(54-48)35-20-12-24-40-42(35)33-18-8-10-23-39(33)57-40/h1-27H. The number of thiophene rings is 1. The van der Waals surface area contributed by atoms with E-state index in [1.165, 1.54) is 14.8 Å². The highest BCUT2D eigenvalue weighted by Gasteiger charge is 2.22. The van der Waals surface area contributed by atoms with Crippen LogP contribution >= 0.6 is 11.3 Å². The summed E-state index contributed by atoms with van der Waals surface area (Å²) in [6.07, 6.45) is 0. The van der Waals surface area contributed by atoms with E-state index < -0.39 is 0 Å². The summed E-state index contributed by atoms with van der Waals surface area (Å²) in [4.78, 5) is 25.7. The molecule has 0 fully saturated rings. The number of fused-ring (bicyclic) bond motifs is 9. The lowest BCUT2D eigenvalue weighted by atomic mass is 10.0. The summed E-state index contributed by atoms with van der Waals surface area (Å²) in [6, 6.07) is 55.2. The van der Waals surface area contributed by atoms with Gasteiger partial charge in [-0.2, -0.15) is 0 Å². The molecule has 266 valence electrons. The maximum absolute atomic E-state index is 6.62. The molecule has 0 aliphatic heterocycles. The molecule has 7 nitrogen and oxygen atoms in total. The lowest BCUT2D eigenvalue weighted by Crippen LogP contribution is -2.00. The zero-order valence-corrected chi connectivity index (χ0v) is 30.9. The Morgan fingerprint density at radius 1 is 0.368 bits per heavy atom. The number of hydrogen-bond donors (Lipinski definition) is 0. The van der Waals surface area contributed by atoms with E-state index in [4.69, 9.17) is 33.8 Å². The fourth-order valence-corrected chi connectivity index (χ4v) is 9.09. The molecule has 7 aromatic carbocycles. The van der Waals surface area contributed by atoms with Crippen LogP contribution in [0, 0.1) is 0 Å². The molecule has 0 aliphatic carbocycles. The predicted octanol–water partition coefficient (Wildman–Crippen LogP) is 13.2. The van der Waals surface area contributed by atoms with Gasteiger partial charge in [-0.15, -0.1) is 11.3 Å². The first-order chi connectivity index (χ1) is 28.2. The highest BCUT2D eigenvalue weighted by atomic mass is 32.1. The van der Waals surface area contributed by atoms with Gasteiger partial charge in [0.25, 0.3) is 0 Å². The van der Waals surface area contributed by atoms with Crippen LogP contribution in [0.4, 0.5) is 0 Å². The Hall–Kier alpha value is -7.55. The molecular weight excluding hydrogens is 723 g/mol. The van der Waals surface area contributed by atoms with Crippen LogP contribution in [0.25, 0.3) is 121 Å². The summed E-state index contributed by atoms with van der Waals surface area (Å²) >= 11 is 1.78. The van der Waals surface area contributed by atoms with Gasteiger partial charge in [-0.05, 0) is 42.5 Å². The fourth-order valence-electron chi connectivity index (χ4n) is 7.96. The summed E-state index contributed by atoms with van der Waals surface area (Å²) in [7, 11) is 0. The second-order valence-corrected chi connectivity index (χ2v) is 15.1. The summed E-state index contributed by atoms with van der Waals surface area (Å²) in [5.74, 6) is 2.38. The number of benzene rings is 7. The molecule has 12 rings (SSSR count). The van der Waals surface area contributed by atoms with E-state index in [0.717, 1.165) is 71.7 Å². The number of rotatable bonds is 5. The highest BCUT2D eigenvalue weighted by Crippen LogP contribution is 2.42. The second kappa shape index (κ2) is 12.5. The van der Waals surface area contributed by atoms with Crippen molar-refractivity contribution < 1.29 is 8.83 Å². The third kappa shape index (κ3) is 5.08. The number of aromatic nitrogens is 5. The lowest BCUT2D eigenvalue weighted by molar-refractivity contribution is 0.667. The minimum absolute atomic E-state index is 0.570. The number of para-hydroxylation sites is 1. The van der Waals surface area contributed by atoms with Crippen LogP contribution in [0.1, 0.15) is 0 Å². The van der Waals surface area contributed by atoms with E-state index in [2.05, 4.69) is 60.7 Å². The Labute approximate surface area is 328 Å². The van der Waals surface area contributed by atoms with E-state index >= 15 is 0 Å². The third-order valence-corrected chi connectivity index (χ3v) is 11.7. The van der Waals surface area contributed by atoms with E-state index in [1.807, 2.05) is 103 Å². The van der Waals surface area contributed by atoms with Gasteiger partial charge in [0.15, 0.2) is 28.9 Å². The van der Waals surface area contributed by atoms with Gasteiger partial charge in [0.05, 0.1) is 0 Å². The Morgan fingerprint density at radius 3 is 1.82 bits per heavy atom. The zero-order chi connectivity index (χ0) is 37.5. The van der Waals surface area contributed by atoms with Crippen LogP contribution in [0.15, 0.2) is 173 Å². The Balaban J connectivity index is 1.05. The molecular formula is C49H27N5O2S. The molecule has 0 saturated heterocycles. The summed E-state index contributed by atoms with van der Waals surface area (Å²) in [5.41, 5.74) is 8.91. The number of nitrogens with zero attached hydrogens (tertiary/aromatic N) is 5. The van der Waals surface area contributed by atoms with Crippen molar-refractivity contribution in [3.05, 3.63) is 164 Å². The second-order valence-electron chi connectivity index (χ2n) is 14.0. The van der Waals surface area contributed by atoms with Gasteiger partial charge in [0, 0.05) is 64.1 Å². The number of furan rings is 2. The van der Waals surface area contributed by atoms with E-state index in [9.17, 15) is 0 Å². The molecule has 0 radical (unpaired) electrons. The molecule has 5 aromatic heterocycles. The van der Waals surface area contributed by atoms with Crippen molar-refractivity contribution in [1.82, 2.24) is 24.9 Å². The maximum atomic E-state index is 6.62. The van der Waals surface area contributed by atoms with E-state index in [-0.39, 0.29) is 0 Å². The summed E-state index contributed by atoms with van der Waals surface area (Å²) in [6.45, 7) is 0. The van der Waals surface area contributed by atoms with Crippen LogP contribution in [-0.4, -0.2) is 24.9 Å². The van der Waals surface area contributed by atoms with Gasteiger partial charge in [0.2, 0.25) is 0 Å². The summed E-state index contributed by atoms with van der Waals surface area (Å²) < 4.78 is 15.4. The van der Waals surface area contributed by atoms with Crippen LogP contribution in [0.3, 0.4) is 0 Å². The molecule has 0 amide bonds. The molecule has 0 unspecified atom stereocenters. The maximum Gasteiger partial charge on any atom is 0.180 e. The smallest absolute Gasteiger partial charge is 0.180 e. The normalized spacial score (nSPS) is 11.9. The Bertz CT molecular complexity index is 3540. The van der Waals surface area contributed by atoms with Crippen molar-refractivity contribution in [2.24, 2.45) is 0 Å². The average molecular weight is 750 g/mol. The van der Waals surface area contributed by atoms with Crippen molar-refractivity contribution in [3.63, 3.8) is 0 Å². The Morgan fingerprint density at radius 2 is 1.00 bits per heavy atom. The topological polar surface area (TPSA) is 90.7 Å². The number of hydrogen-bond acceptors (Lipinski definition) is 8. The fraction of sp³-hybridized carbons (Fsp3) is 0. The Kier molecular flexibility index (Phi) is 6.96. The summed E-state index contributed by atoms with van der Waals surface area (Å²) in [5, 5.41) is 5.15. The molecule has 0 bridgehead atoms. The molecule has 0 atom stereocenters. The first kappa shape index (κ1) is 31.8. The molecule has 0 aliphatic rings. The highest BCUT2D eigenvalue weighted by molar-refractivity contribution is 7.25. The lowest BCUT2D eigenvalue weighted by Gasteiger charge is -2.10. The van der Waals surface area contributed by atoms with Gasteiger partial charge < -0.3 is 8.83 Å². The van der Waals surface area contributed by atoms with Gasteiger partial charge in [-0.25, -0.2) is 24.9 Å². The van der Waals surface area contributed by atoms with Crippen molar-refractivity contribution in [3.8, 4) is 56.8 Å². The van der Waals surface area contributed by atoms with Crippen LogP contribution < -0.4 is 0 Å². The van der Waals surface area contributed by atoms with Gasteiger partial charge in [-0.1, -0.05) is 121 Å². The minimum Gasteiger partial charge on any atom is -0.456 e. The monoisotopic (exact) mass is 749 g/mol. The average Bonchev–Trinajstić information content (AvgIpc) is 3.97. The first-order valence-corrected chi connectivity index (χ1v) is 19.5. The molecule has 0 N–H and O–H groups in total. The van der Waals surface area contributed by atoms with Crippen molar-refractivity contribution in [1.29, 1.82) is 0 Å². The van der Waals surface area contributed by atoms with Crippen molar-refractivity contribution >= 4 is 75.5 Å². The SMILES string of the molecule is c1ccc(-c2nc(-c3cccc4oc5cc(-c6nc(-c7ccccc7)c7oc8ccccc8c7n6)ccc5c34)nc(-c3cccc4sc5ccccc5c34)n2)cc1. The van der Waals surface area contributed by atoms with Gasteiger partial charge in [-0.3, -0.25) is 0 Å².